The Balaban J connectivity index is 2.26. The van der Waals surface area contributed by atoms with Crippen molar-refractivity contribution in [3.63, 3.8) is 0 Å². The van der Waals surface area contributed by atoms with Crippen LogP contribution in [0.1, 0.15) is 27.2 Å². The van der Waals surface area contributed by atoms with E-state index in [1.54, 1.807) is 23.9 Å². The van der Waals surface area contributed by atoms with Crippen LogP contribution in [-0.2, 0) is 13.6 Å². The summed E-state index contributed by atoms with van der Waals surface area (Å²) < 4.78 is 2.70. The van der Waals surface area contributed by atoms with Gasteiger partial charge >= 0.3 is 5.97 Å². The molecule has 2 N–H and O–H groups in total. The van der Waals surface area contributed by atoms with Crippen LogP contribution >= 0.6 is 15.9 Å². The molecule has 20 heavy (non-hydrogen) atoms. The highest BCUT2D eigenvalue weighted by Crippen LogP contribution is 2.23. The number of anilines is 1. The molecule has 106 valence electrons. The quantitative estimate of drug-likeness (QED) is 0.899. The summed E-state index contributed by atoms with van der Waals surface area (Å²) in [7, 11) is 1.87. The van der Waals surface area contributed by atoms with Gasteiger partial charge < -0.3 is 10.4 Å². The summed E-state index contributed by atoms with van der Waals surface area (Å²) in [4.78, 5) is 11.2. The van der Waals surface area contributed by atoms with Crippen LogP contribution in [0.15, 0.2) is 22.8 Å². The SMILES string of the molecule is Cc1cc(C)c(C(=O)O)cc1NCc1c(Br)cnn1C. The number of hydrogen-bond acceptors (Lipinski definition) is 3. The van der Waals surface area contributed by atoms with Crippen LogP contribution in [0.25, 0.3) is 0 Å². The van der Waals surface area contributed by atoms with Crippen LogP contribution in [0.2, 0.25) is 0 Å². The van der Waals surface area contributed by atoms with Crippen molar-refractivity contribution in [3.8, 4) is 0 Å². The number of nitrogens with zero attached hydrogens (tertiary/aromatic N) is 2. The first-order valence-electron chi connectivity index (χ1n) is 6.15. The van der Waals surface area contributed by atoms with Gasteiger partial charge in [0.15, 0.2) is 0 Å². The normalized spacial score (nSPS) is 10.6. The lowest BCUT2D eigenvalue weighted by Crippen LogP contribution is -2.09. The molecule has 0 spiro atoms. The summed E-state index contributed by atoms with van der Waals surface area (Å²) in [6.45, 7) is 4.33. The van der Waals surface area contributed by atoms with E-state index in [1.165, 1.54) is 0 Å². The fourth-order valence-corrected chi connectivity index (χ4v) is 2.58. The average molecular weight is 338 g/mol. The third-order valence-electron chi connectivity index (χ3n) is 3.26. The highest BCUT2D eigenvalue weighted by atomic mass is 79.9. The molecule has 5 nitrogen and oxygen atoms in total. The maximum Gasteiger partial charge on any atom is 0.336 e. The predicted octanol–water partition coefficient (Wildman–Crippen LogP) is 3.11. The van der Waals surface area contributed by atoms with Crippen molar-refractivity contribution in [2.45, 2.75) is 20.4 Å². The molecule has 0 bridgehead atoms. The van der Waals surface area contributed by atoms with Gasteiger partial charge in [-0.05, 0) is 47.0 Å². The molecule has 6 heteroatoms. The number of aryl methyl sites for hydroxylation is 3. The smallest absolute Gasteiger partial charge is 0.336 e. The largest absolute Gasteiger partial charge is 0.478 e. The number of carboxylic acid groups (broad SMARTS) is 1. The third kappa shape index (κ3) is 2.85. The van der Waals surface area contributed by atoms with E-state index in [0.717, 1.165) is 27.0 Å². The minimum absolute atomic E-state index is 0.321. The van der Waals surface area contributed by atoms with E-state index >= 15 is 0 Å². The molecule has 0 atom stereocenters. The molecular formula is C14H16BrN3O2. The second kappa shape index (κ2) is 5.66. The van der Waals surface area contributed by atoms with Crippen molar-refractivity contribution in [2.75, 3.05) is 5.32 Å². The molecule has 0 saturated carbocycles. The predicted molar refractivity (Wildman–Crippen MR) is 81.1 cm³/mol. The lowest BCUT2D eigenvalue weighted by atomic mass is 10.0. The molecule has 1 aromatic carbocycles. The standard InChI is InChI=1S/C14H16BrN3O2/c1-8-4-9(2)12(5-10(8)14(19)20)16-7-13-11(15)6-17-18(13)3/h4-6,16H,7H2,1-3H3,(H,19,20). The van der Waals surface area contributed by atoms with Crippen molar-refractivity contribution >= 4 is 27.6 Å². The van der Waals surface area contributed by atoms with Gasteiger partial charge in [-0.2, -0.15) is 5.10 Å². The van der Waals surface area contributed by atoms with Gasteiger partial charge in [0.25, 0.3) is 0 Å². The second-order valence-electron chi connectivity index (χ2n) is 4.70. The molecule has 0 aliphatic carbocycles. The number of rotatable bonds is 4. The highest BCUT2D eigenvalue weighted by Gasteiger charge is 2.11. The van der Waals surface area contributed by atoms with Crippen LogP contribution in [0.3, 0.4) is 0 Å². The Hall–Kier alpha value is -1.82. The first kappa shape index (κ1) is 14.6. The fourth-order valence-electron chi connectivity index (χ4n) is 2.09. The van der Waals surface area contributed by atoms with E-state index in [1.807, 2.05) is 20.0 Å². The molecule has 0 aliphatic rings. The van der Waals surface area contributed by atoms with Crippen molar-refractivity contribution < 1.29 is 9.90 Å². The number of aromatic carboxylic acids is 1. The molecule has 0 amide bonds. The number of carbonyl (C=O) groups is 1. The molecule has 0 saturated heterocycles. The maximum atomic E-state index is 11.2. The Morgan fingerprint density at radius 3 is 2.65 bits per heavy atom. The van der Waals surface area contributed by atoms with Gasteiger partial charge in [-0.15, -0.1) is 0 Å². The molecule has 0 radical (unpaired) electrons. The van der Waals surface area contributed by atoms with E-state index in [0.29, 0.717) is 12.1 Å². The minimum atomic E-state index is -0.910. The third-order valence-corrected chi connectivity index (χ3v) is 3.92. The number of halogens is 1. The zero-order valence-corrected chi connectivity index (χ0v) is 13.2. The van der Waals surface area contributed by atoms with E-state index in [-0.39, 0.29) is 0 Å². The Kier molecular flexibility index (Phi) is 4.13. The average Bonchev–Trinajstić information content (AvgIpc) is 2.68. The number of benzene rings is 1. The summed E-state index contributed by atoms with van der Waals surface area (Å²) >= 11 is 3.44. The van der Waals surface area contributed by atoms with Gasteiger partial charge in [0, 0.05) is 12.7 Å². The first-order chi connectivity index (χ1) is 9.40. The molecule has 2 rings (SSSR count). The zero-order valence-electron chi connectivity index (χ0n) is 11.6. The number of carboxylic acids is 1. The van der Waals surface area contributed by atoms with E-state index in [9.17, 15) is 9.90 Å². The summed E-state index contributed by atoms with van der Waals surface area (Å²) in [5, 5.41) is 16.6. The minimum Gasteiger partial charge on any atom is -0.478 e. The van der Waals surface area contributed by atoms with Crippen molar-refractivity contribution in [1.29, 1.82) is 0 Å². The number of hydrogen-bond donors (Lipinski definition) is 2. The summed E-state index contributed by atoms with van der Waals surface area (Å²) in [6, 6.07) is 3.56. The van der Waals surface area contributed by atoms with E-state index < -0.39 is 5.97 Å². The van der Waals surface area contributed by atoms with Crippen molar-refractivity contribution in [1.82, 2.24) is 9.78 Å². The second-order valence-corrected chi connectivity index (χ2v) is 5.56. The van der Waals surface area contributed by atoms with Crippen LogP contribution in [0, 0.1) is 13.8 Å². The Labute approximate surface area is 125 Å². The molecular weight excluding hydrogens is 322 g/mol. The van der Waals surface area contributed by atoms with Gasteiger partial charge in [-0.3, -0.25) is 4.68 Å². The molecule has 1 aromatic heterocycles. The van der Waals surface area contributed by atoms with Crippen molar-refractivity contribution in [3.05, 3.63) is 45.2 Å². The van der Waals surface area contributed by atoms with Crippen molar-refractivity contribution in [2.24, 2.45) is 7.05 Å². The highest BCUT2D eigenvalue weighted by molar-refractivity contribution is 9.10. The molecule has 0 aliphatic heterocycles. The lowest BCUT2D eigenvalue weighted by molar-refractivity contribution is 0.0696. The van der Waals surface area contributed by atoms with E-state index in [2.05, 4.69) is 26.3 Å². The molecule has 0 unspecified atom stereocenters. The Bertz CT molecular complexity index is 645. The Morgan fingerprint density at radius 1 is 1.40 bits per heavy atom. The Morgan fingerprint density at radius 2 is 2.10 bits per heavy atom. The van der Waals surface area contributed by atoms with Crippen LogP contribution in [0.4, 0.5) is 5.69 Å². The van der Waals surface area contributed by atoms with Gasteiger partial charge in [0.1, 0.15) is 0 Å². The topological polar surface area (TPSA) is 67.2 Å². The maximum absolute atomic E-state index is 11.2. The van der Waals surface area contributed by atoms with Gasteiger partial charge in [-0.1, -0.05) is 6.07 Å². The summed E-state index contributed by atoms with van der Waals surface area (Å²) in [6.07, 6.45) is 1.74. The van der Waals surface area contributed by atoms with Crippen LogP contribution in [0.5, 0.6) is 0 Å². The number of nitrogens with one attached hydrogen (secondary N) is 1. The molecule has 0 fully saturated rings. The number of aromatic nitrogens is 2. The monoisotopic (exact) mass is 337 g/mol. The van der Waals surface area contributed by atoms with Gasteiger partial charge in [-0.25, -0.2) is 4.79 Å². The molecule has 1 heterocycles. The van der Waals surface area contributed by atoms with Gasteiger partial charge in [0.2, 0.25) is 0 Å². The summed E-state index contributed by atoms with van der Waals surface area (Å²) in [5.41, 5.74) is 3.93. The summed E-state index contributed by atoms with van der Waals surface area (Å²) in [5.74, 6) is -0.910. The zero-order chi connectivity index (χ0) is 14.9. The van der Waals surface area contributed by atoms with Crippen LogP contribution < -0.4 is 5.32 Å². The van der Waals surface area contributed by atoms with Crippen LogP contribution in [-0.4, -0.2) is 20.9 Å². The van der Waals surface area contributed by atoms with E-state index in [4.69, 9.17) is 0 Å². The van der Waals surface area contributed by atoms with Gasteiger partial charge in [0.05, 0.1) is 28.5 Å². The first-order valence-corrected chi connectivity index (χ1v) is 6.94. The lowest BCUT2D eigenvalue weighted by Gasteiger charge is -2.13. The fraction of sp³-hybridized carbons (Fsp3) is 0.286. The molecule has 2 aromatic rings.